The van der Waals surface area contributed by atoms with Gasteiger partial charge in [-0.15, -0.1) is 11.3 Å². The summed E-state index contributed by atoms with van der Waals surface area (Å²) in [4.78, 5) is 30.4. The van der Waals surface area contributed by atoms with Crippen LogP contribution >= 0.6 is 11.3 Å². The number of hydrogen-bond donors (Lipinski definition) is 0. The molecule has 1 saturated carbocycles. The van der Waals surface area contributed by atoms with Gasteiger partial charge in [-0.3, -0.25) is 9.59 Å². The van der Waals surface area contributed by atoms with Gasteiger partial charge < -0.3 is 9.80 Å². The molecule has 2 amide bonds. The van der Waals surface area contributed by atoms with Gasteiger partial charge >= 0.3 is 0 Å². The van der Waals surface area contributed by atoms with Crippen LogP contribution in [0.5, 0.6) is 0 Å². The van der Waals surface area contributed by atoms with Crippen molar-refractivity contribution in [2.45, 2.75) is 64.0 Å². The minimum absolute atomic E-state index is 0.0963. The second-order valence-corrected chi connectivity index (χ2v) is 8.40. The molecule has 132 valence electrons. The molecule has 3 rings (SSSR count). The van der Waals surface area contributed by atoms with Crippen LogP contribution in [0.2, 0.25) is 0 Å². The van der Waals surface area contributed by atoms with Gasteiger partial charge in [-0.25, -0.2) is 0 Å². The van der Waals surface area contributed by atoms with Crippen molar-refractivity contribution in [2.75, 3.05) is 13.6 Å². The average Bonchev–Trinajstić information content (AvgIpc) is 3.25. The molecule has 1 unspecified atom stereocenters. The molecule has 1 atom stereocenters. The third-order valence-electron chi connectivity index (χ3n) is 5.64. The van der Waals surface area contributed by atoms with Crippen molar-refractivity contribution in [2.24, 2.45) is 5.92 Å². The van der Waals surface area contributed by atoms with E-state index in [0.29, 0.717) is 12.5 Å². The van der Waals surface area contributed by atoms with E-state index in [0.717, 1.165) is 43.0 Å². The molecular formula is C19H28N2O2S. The van der Waals surface area contributed by atoms with Crippen LogP contribution in [0.15, 0.2) is 17.5 Å². The molecule has 24 heavy (non-hydrogen) atoms. The molecule has 1 aromatic rings. The summed E-state index contributed by atoms with van der Waals surface area (Å²) >= 11 is 1.61. The van der Waals surface area contributed by atoms with Crippen molar-refractivity contribution in [3.63, 3.8) is 0 Å². The fourth-order valence-corrected chi connectivity index (χ4v) is 4.73. The van der Waals surface area contributed by atoms with Crippen molar-refractivity contribution in [1.29, 1.82) is 0 Å². The smallest absolute Gasteiger partial charge is 0.245 e. The molecule has 2 fully saturated rings. The first-order valence-electron chi connectivity index (χ1n) is 9.14. The fourth-order valence-electron chi connectivity index (χ4n) is 4.03. The molecule has 1 aromatic heterocycles. The van der Waals surface area contributed by atoms with Gasteiger partial charge in [-0.1, -0.05) is 13.0 Å². The molecular weight excluding hydrogens is 320 g/mol. The lowest BCUT2D eigenvalue weighted by Gasteiger charge is -2.36. The molecule has 0 radical (unpaired) electrons. The predicted molar refractivity (Wildman–Crippen MR) is 96.9 cm³/mol. The van der Waals surface area contributed by atoms with Gasteiger partial charge in [0.15, 0.2) is 0 Å². The van der Waals surface area contributed by atoms with Gasteiger partial charge in [0.05, 0.1) is 6.42 Å². The highest BCUT2D eigenvalue weighted by Gasteiger charge is 2.37. The minimum atomic E-state index is -0.248. The van der Waals surface area contributed by atoms with Crippen molar-refractivity contribution < 1.29 is 9.59 Å². The number of likely N-dealkylation sites (N-methyl/N-ethyl adjacent to an activating group) is 1. The van der Waals surface area contributed by atoms with Crippen molar-refractivity contribution >= 4 is 23.2 Å². The van der Waals surface area contributed by atoms with E-state index in [4.69, 9.17) is 0 Å². The number of hydrogen-bond acceptors (Lipinski definition) is 3. The molecule has 0 spiro atoms. The Balaban J connectivity index is 1.61. The number of amides is 2. The summed E-state index contributed by atoms with van der Waals surface area (Å²) in [5, 5.41) is 1.99. The Morgan fingerprint density at radius 2 is 2.00 bits per heavy atom. The first-order valence-corrected chi connectivity index (χ1v) is 10.0. The van der Waals surface area contributed by atoms with E-state index >= 15 is 0 Å². The van der Waals surface area contributed by atoms with Gasteiger partial charge in [-0.05, 0) is 55.9 Å². The number of likely N-dealkylation sites (tertiary alicyclic amines) is 1. The van der Waals surface area contributed by atoms with E-state index in [2.05, 4.69) is 6.92 Å². The topological polar surface area (TPSA) is 40.6 Å². The summed E-state index contributed by atoms with van der Waals surface area (Å²) in [5.41, 5.74) is 0. The van der Waals surface area contributed by atoms with Crippen molar-refractivity contribution in [3.8, 4) is 0 Å². The Hall–Kier alpha value is -1.36. The second kappa shape index (κ2) is 7.68. The molecule has 0 bridgehead atoms. The number of carbonyl (C=O) groups is 2. The third-order valence-corrected chi connectivity index (χ3v) is 6.52. The first kappa shape index (κ1) is 17.5. The maximum Gasteiger partial charge on any atom is 0.245 e. The normalized spacial score (nSPS) is 27.2. The Labute approximate surface area is 148 Å². The highest BCUT2D eigenvalue weighted by Crippen LogP contribution is 2.28. The van der Waals surface area contributed by atoms with Gasteiger partial charge in [-0.2, -0.15) is 0 Å². The third kappa shape index (κ3) is 3.82. The lowest BCUT2D eigenvalue weighted by molar-refractivity contribution is -0.144. The summed E-state index contributed by atoms with van der Waals surface area (Å²) in [6, 6.07) is 4.06. The fraction of sp³-hybridized carbons (Fsp3) is 0.684. The minimum Gasteiger partial charge on any atom is -0.341 e. The quantitative estimate of drug-likeness (QED) is 0.837. The summed E-state index contributed by atoms with van der Waals surface area (Å²) < 4.78 is 0. The molecule has 1 aliphatic carbocycles. The standard InChI is InChI=1S/C19H28N2O2S/c1-14-7-9-15(10-8-14)20(2)19(23)17-6-3-11-21(17)18(22)13-16-5-4-12-24-16/h4-5,12,14-15,17H,3,6-11,13H2,1-2H3. The SMILES string of the molecule is CC1CCC(N(C)C(=O)C2CCCN2C(=O)Cc2cccs2)CC1. The van der Waals surface area contributed by atoms with Crippen molar-refractivity contribution in [3.05, 3.63) is 22.4 Å². The Bertz CT molecular complexity index is 564. The van der Waals surface area contributed by atoms with Crippen LogP contribution in [0.4, 0.5) is 0 Å². The molecule has 1 saturated heterocycles. The Kier molecular flexibility index (Phi) is 5.59. The Morgan fingerprint density at radius 1 is 1.25 bits per heavy atom. The lowest BCUT2D eigenvalue weighted by Crippen LogP contribution is -2.50. The second-order valence-electron chi connectivity index (χ2n) is 7.36. The molecule has 4 nitrogen and oxygen atoms in total. The van der Waals surface area contributed by atoms with E-state index < -0.39 is 0 Å². The van der Waals surface area contributed by atoms with Crippen LogP contribution < -0.4 is 0 Å². The van der Waals surface area contributed by atoms with Gasteiger partial charge in [0, 0.05) is 24.5 Å². The van der Waals surface area contributed by atoms with E-state index in [-0.39, 0.29) is 17.9 Å². The van der Waals surface area contributed by atoms with Crippen LogP contribution in [-0.4, -0.2) is 47.3 Å². The largest absolute Gasteiger partial charge is 0.341 e. The summed E-state index contributed by atoms with van der Waals surface area (Å²) in [6.45, 7) is 3.01. The lowest BCUT2D eigenvalue weighted by atomic mass is 9.86. The monoisotopic (exact) mass is 348 g/mol. The summed E-state index contributed by atoms with van der Waals surface area (Å²) in [7, 11) is 1.93. The number of nitrogens with zero attached hydrogens (tertiary/aromatic N) is 2. The van der Waals surface area contributed by atoms with Crippen LogP contribution in [-0.2, 0) is 16.0 Å². The van der Waals surface area contributed by atoms with Crippen molar-refractivity contribution in [1.82, 2.24) is 9.80 Å². The maximum absolute atomic E-state index is 13.0. The van der Waals surface area contributed by atoms with E-state index in [1.807, 2.05) is 34.4 Å². The van der Waals surface area contributed by atoms with E-state index in [9.17, 15) is 9.59 Å². The molecule has 2 aliphatic rings. The maximum atomic E-state index is 13.0. The Morgan fingerprint density at radius 3 is 2.67 bits per heavy atom. The molecule has 5 heteroatoms. The zero-order valence-electron chi connectivity index (χ0n) is 14.7. The van der Waals surface area contributed by atoms with Crippen LogP contribution in [0.25, 0.3) is 0 Å². The average molecular weight is 349 g/mol. The van der Waals surface area contributed by atoms with E-state index in [1.54, 1.807) is 11.3 Å². The zero-order chi connectivity index (χ0) is 17.1. The number of carbonyl (C=O) groups excluding carboxylic acids is 2. The number of thiophene rings is 1. The molecule has 1 aliphatic heterocycles. The van der Waals surface area contributed by atoms with Gasteiger partial charge in [0.25, 0.3) is 0 Å². The highest BCUT2D eigenvalue weighted by atomic mass is 32.1. The number of rotatable bonds is 4. The molecule has 0 aromatic carbocycles. The molecule has 0 N–H and O–H groups in total. The first-order chi connectivity index (χ1) is 11.6. The summed E-state index contributed by atoms with van der Waals surface area (Å²) in [6.07, 6.45) is 6.76. The van der Waals surface area contributed by atoms with Crippen LogP contribution in [0.1, 0.15) is 50.3 Å². The predicted octanol–water partition coefficient (Wildman–Crippen LogP) is 3.32. The van der Waals surface area contributed by atoms with Gasteiger partial charge in [0.2, 0.25) is 11.8 Å². The zero-order valence-corrected chi connectivity index (χ0v) is 15.6. The van der Waals surface area contributed by atoms with Crippen LogP contribution in [0.3, 0.4) is 0 Å². The summed E-state index contributed by atoms with van der Waals surface area (Å²) in [5.74, 6) is 1.02. The molecule has 2 heterocycles. The van der Waals surface area contributed by atoms with E-state index in [1.165, 1.54) is 12.8 Å². The van der Waals surface area contributed by atoms with Crippen LogP contribution in [0, 0.1) is 5.92 Å². The van der Waals surface area contributed by atoms with Gasteiger partial charge in [0.1, 0.15) is 6.04 Å². The highest BCUT2D eigenvalue weighted by molar-refractivity contribution is 7.10.